The molecule has 3 rings (SSSR count). The average Bonchev–Trinajstić information content (AvgIpc) is 2.74. The van der Waals surface area contributed by atoms with Gasteiger partial charge in [0.15, 0.2) is 5.11 Å². The standard InChI is InChI=1S/C16H11FN2O2S/c17-12-6-1-2-7-14(12)19-15(21)13(18-16(19)22)9-10-4-3-5-11(20)8-10/h1-9,20H,(H,18,22)/b13-9-. The fourth-order valence-corrected chi connectivity index (χ4v) is 2.46. The van der Waals surface area contributed by atoms with Gasteiger partial charge in [-0.1, -0.05) is 24.3 Å². The highest BCUT2D eigenvalue weighted by molar-refractivity contribution is 7.80. The van der Waals surface area contributed by atoms with Gasteiger partial charge < -0.3 is 10.4 Å². The second-order valence-corrected chi connectivity index (χ2v) is 5.06. The van der Waals surface area contributed by atoms with Gasteiger partial charge in [-0.3, -0.25) is 4.79 Å². The summed E-state index contributed by atoms with van der Waals surface area (Å²) in [6.45, 7) is 0. The number of halogens is 1. The number of thiocarbonyl (C=S) groups is 1. The lowest BCUT2D eigenvalue weighted by molar-refractivity contribution is -0.113. The molecule has 1 fully saturated rings. The number of rotatable bonds is 2. The van der Waals surface area contributed by atoms with Crippen molar-refractivity contribution < 1.29 is 14.3 Å². The van der Waals surface area contributed by atoms with Gasteiger partial charge in [0.1, 0.15) is 17.3 Å². The van der Waals surface area contributed by atoms with Crippen LogP contribution in [0.25, 0.3) is 6.08 Å². The Morgan fingerprint density at radius 1 is 1.18 bits per heavy atom. The number of anilines is 1. The van der Waals surface area contributed by atoms with Crippen LogP contribution in [0, 0.1) is 5.82 Å². The Morgan fingerprint density at radius 3 is 2.68 bits per heavy atom. The SMILES string of the molecule is O=C1/C(=C/c2cccc(O)c2)NC(=S)N1c1ccccc1F. The number of nitrogens with one attached hydrogen (secondary N) is 1. The van der Waals surface area contributed by atoms with Crippen LogP contribution in [0.1, 0.15) is 5.56 Å². The molecule has 0 radical (unpaired) electrons. The molecule has 2 aromatic carbocycles. The summed E-state index contributed by atoms with van der Waals surface area (Å²) in [5.74, 6) is -0.884. The van der Waals surface area contributed by atoms with E-state index in [0.717, 1.165) is 4.90 Å². The predicted molar refractivity (Wildman–Crippen MR) is 85.7 cm³/mol. The number of aromatic hydroxyl groups is 1. The van der Waals surface area contributed by atoms with Crippen LogP contribution in [0.5, 0.6) is 5.75 Å². The van der Waals surface area contributed by atoms with E-state index in [1.165, 1.54) is 24.3 Å². The first kappa shape index (κ1) is 14.2. The third kappa shape index (κ3) is 2.56. The smallest absolute Gasteiger partial charge is 0.281 e. The first-order valence-electron chi connectivity index (χ1n) is 6.47. The molecule has 2 N–H and O–H groups in total. The normalized spacial score (nSPS) is 16.2. The zero-order chi connectivity index (χ0) is 15.7. The number of carbonyl (C=O) groups excluding carboxylic acids is 1. The largest absolute Gasteiger partial charge is 0.508 e. The van der Waals surface area contributed by atoms with Crippen molar-refractivity contribution in [3.63, 3.8) is 0 Å². The Balaban J connectivity index is 1.97. The summed E-state index contributed by atoms with van der Waals surface area (Å²) in [6.07, 6.45) is 1.55. The van der Waals surface area contributed by atoms with Crippen LogP contribution in [0.2, 0.25) is 0 Å². The Bertz CT molecular complexity index is 804. The molecule has 0 aliphatic carbocycles. The van der Waals surface area contributed by atoms with E-state index in [1.807, 2.05) is 0 Å². The summed E-state index contributed by atoms with van der Waals surface area (Å²) in [5.41, 5.74) is 0.956. The average molecular weight is 314 g/mol. The van der Waals surface area contributed by atoms with Crippen LogP contribution in [0.4, 0.5) is 10.1 Å². The summed E-state index contributed by atoms with van der Waals surface area (Å²) in [7, 11) is 0. The van der Waals surface area contributed by atoms with E-state index in [2.05, 4.69) is 5.32 Å². The van der Waals surface area contributed by atoms with E-state index in [9.17, 15) is 14.3 Å². The molecule has 1 aliphatic heterocycles. The van der Waals surface area contributed by atoms with Crippen molar-refractivity contribution in [3.05, 3.63) is 65.6 Å². The fourth-order valence-electron chi connectivity index (χ4n) is 2.17. The van der Waals surface area contributed by atoms with Crippen LogP contribution < -0.4 is 10.2 Å². The second kappa shape index (κ2) is 5.57. The molecule has 22 heavy (non-hydrogen) atoms. The number of carbonyl (C=O) groups is 1. The predicted octanol–water partition coefficient (Wildman–Crippen LogP) is 2.79. The Morgan fingerprint density at radius 2 is 1.95 bits per heavy atom. The summed E-state index contributed by atoms with van der Waals surface area (Å²) < 4.78 is 13.9. The lowest BCUT2D eigenvalue weighted by Crippen LogP contribution is -2.31. The van der Waals surface area contributed by atoms with Crippen LogP contribution in [-0.4, -0.2) is 16.1 Å². The quantitative estimate of drug-likeness (QED) is 0.661. The zero-order valence-electron chi connectivity index (χ0n) is 11.3. The van der Waals surface area contributed by atoms with E-state index < -0.39 is 11.7 Å². The van der Waals surface area contributed by atoms with Crippen molar-refractivity contribution in [1.29, 1.82) is 0 Å². The summed E-state index contributed by atoms with van der Waals surface area (Å²) in [4.78, 5) is 13.5. The van der Waals surface area contributed by atoms with E-state index in [1.54, 1.807) is 30.3 Å². The molecule has 4 nitrogen and oxygen atoms in total. The van der Waals surface area contributed by atoms with E-state index in [-0.39, 0.29) is 22.2 Å². The van der Waals surface area contributed by atoms with Gasteiger partial charge in [0.25, 0.3) is 5.91 Å². The van der Waals surface area contributed by atoms with Gasteiger partial charge in [0, 0.05) is 0 Å². The van der Waals surface area contributed by atoms with E-state index >= 15 is 0 Å². The van der Waals surface area contributed by atoms with Crippen molar-refractivity contribution in [2.75, 3.05) is 4.90 Å². The first-order valence-corrected chi connectivity index (χ1v) is 6.88. The second-order valence-electron chi connectivity index (χ2n) is 4.68. The third-order valence-corrected chi connectivity index (χ3v) is 3.44. The van der Waals surface area contributed by atoms with E-state index in [0.29, 0.717) is 5.56 Å². The maximum atomic E-state index is 13.9. The Labute approximate surface area is 131 Å². The molecular weight excluding hydrogens is 303 g/mol. The molecule has 0 aromatic heterocycles. The summed E-state index contributed by atoms with van der Waals surface area (Å²) in [5, 5.41) is 12.3. The monoisotopic (exact) mass is 314 g/mol. The van der Waals surface area contributed by atoms with Crippen molar-refractivity contribution in [3.8, 4) is 5.75 Å². The van der Waals surface area contributed by atoms with E-state index in [4.69, 9.17) is 12.2 Å². The number of para-hydroxylation sites is 1. The fraction of sp³-hybridized carbons (Fsp3) is 0. The van der Waals surface area contributed by atoms with Crippen molar-refractivity contribution in [1.82, 2.24) is 5.32 Å². The molecule has 6 heteroatoms. The molecule has 0 spiro atoms. The molecule has 1 aliphatic rings. The number of amides is 1. The molecule has 1 heterocycles. The van der Waals surface area contributed by atoms with Gasteiger partial charge in [-0.25, -0.2) is 9.29 Å². The molecule has 0 atom stereocenters. The summed E-state index contributed by atoms with van der Waals surface area (Å²) in [6, 6.07) is 12.4. The molecule has 0 bridgehead atoms. The van der Waals surface area contributed by atoms with Gasteiger partial charge in [0.2, 0.25) is 0 Å². The number of benzene rings is 2. The highest BCUT2D eigenvalue weighted by Crippen LogP contribution is 2.25. The highest BCUT2D eigenvalue weighted by atomic mass is 32.1. The minimum absolute atomic E-state index is 0.0910. The van der Waals surface area contributed by atoms with Crippen LogP contribution in [0.15, 0.2) is 54.2 Å². The number of phenols is 1. The van der Waals surface area contributed by atoms with Crippen LogP contribution in [-0.2, 0) is 4.79 Å². The Hall–Kier alpha value is -2.73. The number of phenolic OH excluding ortho intramolecular Hbond substituents is 1. The molecule has 2 aromatic rings. The zero-order valence-corrected chi connectivity index (χ0v) is 12.1. The van der Waals surface area contributed by atoms with Crippen LogP contribution in [0.3, 0.4) is 0 Å². The minimum atomic E-state index is -0.529. The van der Waals surface area contributed by atoms with Crippen molar-refractivity contribution in [2.24, 2.45) is 0 Å². The van der Waals surface area contributed by atoms with Gasteiger partial charge in [-0.2, -0.15) is 0 Å². The molecule has 0 unspecified atom stereocenters. The third-order valence-electron chi connectivity index (χ3n) is 3.15. The number of hydrogen-bond donors (Lipinski definition) is 2. The topological polar surface area (TPSA) is 52.6 Å². The van der Waals surface area contributed by atoms with Crippen molar-refractivity contribution in [2.45, 2.75) is 0 Å². The van der Waals surface area contributed by atoms with Gasteiger partial charge in [-0.15, -0.1) is 0 Å². The lowest BCUT2D eigenvalue weighted by Gasteiger charge is -2.14. The minimum Gasteiger partial charge on any atom is -0.508 e. The summed E-state index contributed by atoms with van der Waals surface area (Å²) >= 11 is 5.12. The van der Waals surface area contributed by atoms with Gasteiger partial charge in [-0.05, 0) is 48.1 Å². The highest BCUT2D eigenvalue weighted by Gasteiger charge is 2.33. The molecule has 1 amide bonds. The van der Waals surface area contributed by atoms with Crippen LogP contribution >= 0.6 is 12.2 Å². The lowest BCUT2D eigenvalue weighted by atomic mass is 10.2. The van der Waals surface area contributed by atoms with Crippen molar-refractivity contribution >= 4 is 35.0 Å². The maximum Gasteiger partial charge on any atom is 0.281 e. The molecular formula is C16H11FN2O2S. The number of hydrogen-bond acceptors (Lipinski definition) is 3. The number of nitrogens with zero attached hydrogens (tertiary/aromatic N) is 1. The van der Waals surface area contributed by atoms with Gasteiger partial charge >= 0.3 is 0 Å². The van der Waals surface area contributed by atoms with Gasteiger partial charge in [0.05, 0.1) is 5.69 Å². The molecule has 1 saturated heterocycles. The first-order chi connectivity index (χ1) is 10.6. The molecule has 0 saturated carbocycles. The maximum absolute atomic E-state index is 13.9. The Kier molecular flexibility index (Phi) is 3.60. The molecule has 110 valence electrons.